The van der Waals surface area contributed by atoms with Crippen LogP contribution in [-0.4, -0.2) is 26.7 Å². The van der Waals surface area contributed by atoms with E-state index in [1.807, 2.05) is 6.07 Å². The zero-order valence-electron chi connectivity index (χ0n) is 14.9. The average molecular weight is 381 g/mol. The molecule has 7 nitrogen and oxygen atoms in total. The van der Waals surface area contributed by atoms with Crippen LogP contribution in [0.2, 0.25) is 0 Å². The lowest BCUT2D eigenvalue weighted by Crippen LogP contribution is -2.30. The standard InChI is InChI=1S/C19H19N5O2S/c1-12-5-6-14-15(8-12)27-18-17(14)19(26)24(11-21-18)10-16(25)23-22-9-13-4-2-3-7-20-13/h2-4,7,9,11-12H,5-6,8,10H2,1H3,(H,23,25)/b22-9+/t12-/m0/s1. The first-order valence-corrected chi connectivity index (χ1v) is 9.66. The Bertz CT molecular complexity index is 1070. The Morgan fingerprint density at radius 3 is 3.15 bits per heavy atom. The van der Waals surface area contributed by atoms with E-state index >= 15 is 0 Å². The summed E-state index contributed by atoms with van der Waals surface area (Å²) in [7, 11) is 0. The van der Waals surface area contributed by atoms with Gasteiger partial charge < -0.3 is 0 Å². The van der Waals surface area contributed by atoms with Crippen LogP contribution >= 0.6 is 11.3 Å². The third-order valence-corrected chi connectivity index (χ3v) is 5.83. The van der Waals surface area contributed by atoms with Gasteiger partial charge in [0.1, 0.15) is 11.4 Å². The van der Waals surface area contributed by atoms with Gasteiger partial charge in [0.2, 0.25) is 0 Å². The molecule has 0 unspecified atom stereocenters. The largest absolute Gasteiger partial charge is 0.289 e. The molecule has 1 N–H and O–H groups in total. The van der Waals surface area contributed by atoms with Crippen LogP contribution in [0, 0.1) is 5.92 Å². The molecule has 8 heteroatoms. The number of aromatic nitrogens is 3. The first kappa shape index (κ1) is 17.5. The molecule has 0 saturated carbocycles. The molecule has 27 heavy (non-hydrogen) atoms. The van der Waals surface area contributed by atoms with Crippen molar-refractivity contribution in [2.75, 3.05) is 0 Å². The number of thiophene rings is 1. The van der Waals surface area contributed by atoms with E-state index < -0.39 is 0 Å². The fourth-order valence-corrected chi connectivity index (χ4v) is 4.63. The predicted molar refractivity (Wildman–Crippen MR) is 105 cm³/mol. The minimum atomic E-state index is -0.386. The Morgan fingerprint density at radius 2 is 2.33 bits per heavy atom. The van der Waals surface area contributed by atoms with Gasteiger partial charge in [-0.2, -0.15) is 5.10 Å². The number of pyridine rings is 1. The van der Waals surface area contributed by atoms with Crippen molar-refractivity contribution < 1.29 is 4.79 Å². The van der Waals surface area contributed by atoms with Crippen molar-refractivity contribution in [2.45, 2.75) is 32.7 Å². The summed E-state index contributed by atoms with van der Waals surface area (Å²) in [6, 6.07) is 5.41. The van der Waals surface area contributed by atoms with Crippen molar-refractivity contribution in [1.29, 1.82) is 0 Å². The summed E-state index contributed by atoms with van der Waals surface area (Å²) in [6.45, 7) is 2.11. The maximum absolute atomic E-state index is 12.9. The average Bonchev–Trinajstić information content (AvgIpc) is 3.03. The van der Waals surface area contributed by atoms with E-state index in [2.05, 4.69) is 27.4 Å². The SMILES string of the molecule is C[C@H]1CCc2c(sc3ncn(CC(=O)N/N=C/c4ccccn4)c(=O)c23)C1. The maximum Gasteiger partial charge on any atom is 0.262 e. The molecule has 0 saturated heterocycles. The number of hydrogen-bond acceptors (Lipinski definition) is 6. The molecule has 0 radical (unpaired) electrons. The second-order valence-electron chi connectivity index (χ2n) is 6.76. The third kappa shape index (κ3) is 3.66. The van der Waals surface area contributed by atoms with Crippen LogP contribution in [0.3, 0.4) is 0 Å². The molecule has 1 aliphatic carbocycles. The number of nitrogens with one attached hydrogen (secondary N) is 1. The molecule has 1 amide bonds. The van der Waals surface area contributed by atoms with Crippen LogP contribution in [0.4, 0.5) is 0 Å². The monoisotopic (exact) mass is 381 g/mol. The molecule has 3 heterocycles. The van der Waals surface area contributed by atoms with Crippen LogP contribution in [0.15, 0.2) is 40.6 Å². The summed E-state index contributed by atoms with van der Waals surface area (Å²) < 4.78 is 1.35. The predicted octanol–water partition coefficient (Wildman–Crippen LogP) is 2.13. The highest BCUT2D eigenvalue weighted by molar-refractivity contribution is 7.18. The number of amides is 1. The van der Waals surface area contributed by atoms with E-state index in [1.54, 1.807) is 29.7 Å². The molecule has 1 atom stereocenters. The Kier molecular flexibility index (Phi) is 4.81. The molecular formula is C19H19N5O2S. The lowest BCUT2D eigenvalue weighted by Gasteiger charge is -2.17. The van der Waals surface area contributed by atoms with Gasteiger partial charge in [-0.3, -0.25) is 19.1 Å². The van der Waals surface area contributed by atoms with Gasteiger partial charge in [-0.1, -0.05) is 13.0 Å². The van der Waals surface area contributed by atoms with Gasteiger partial charge >= 0.3 is 0 Å². The van der Waals surface area contributed by atoms with E-state index in [0.29, 0.717) is 17.0 Å². The van der Waals surface area contributed by atoms with Crippen molar-refractivity contribution >= 4 is 33.7 Å². The Hall–Kier alpha value is -2.87. The lowest BCUT2D eigenvalue weighted by molar-refractivity contribution is -0.121. The highest BCUT2D eigenvalue weighted by Gasteiger charge is 2.23. The number of nitrogens with zero attached hydrogens (tertiary/aromatic N) is 4. The number of rotatable bonds is 4. The number of carbonyl (C=O) groups excluding carboxylic acids is 1. The first-order chi connectivity index (χ1) is 13.1. The zero-order chi connectivity index (χ0) is 18.8. The summed E-state index contributed by atoms with van der Waals surface area (Å²) in [4.78, 5) is 35.5. The van der Waals surface area contributed by atoms with Crippen molar-refractivity contribution in [2.24, 2.45) is 11.0 Å². The smallest absolute Gasteiger partial charge is 0.262 e. The molecular weight excluding hydrogens is 362 g/mol. The Balaban J connectivity index is 1.52. The summed E-state index contributed by atoms with van der Waals surface area (Å²) in [5.41, 5.74) is 4.02. The molecule has 1 aliphatic rings. The molecule has 3 aromatic heterocycles. The van der Waals surface area contributed by atoms with Gasteiger partial charge in [0, 0.05) is 11.1 Å². The van der Waals surface area contributed by atoms with Gasteiger partial charge in [-0.25, -0.2) is 10.4 Å². The van der Waals surface area contributed by atoms with Crippen molar-refractivity contribution in [3.63, 3.8) is 0 Å². The quantitative estimate of drug-likeness (QED) is 0.554. The summed E-state index contributed by atoms with van der Waals surface area (Å²) in [5, 5.41) is 4.55. The number of carbonyl (C=O) groups is 1. The van der Waals surface area contributed by atoms with Gasteiger partial charge in [-0.15, -0.1) is 11.3 Å². The molecule has 0 fully saturated rings. The Morgan fingerprint density at radius 1 is 1.44 bits per heavy atom. The molecule has 138 valence electrons. The van der Waals surface area contributed by atoms with Crippen LogP contribution in [0.25, 0.3) is 10.2 Å². The van der Waals surface area contributed by atoms with Crippen LogP contribution < -0.4 is 11.0 Å². The van der Waals surface area contributed by atoms with E-state index in [1.165, 1.54) is 22.0 Å². The number of hydrazone groups is 1. The van der Waals surface area contributed by atoms with Gasteiger partial charge in [0.25, 0.3) is 11.5 Å². The summed E-state index contributed by atoms with van der Waals surface area (Å²) >= 11 is 1.60. The van der Waals surface area contributed by atoms with Crippen LogP contribution in [0.1, 0.15) is 29.5 Å². The van der Waals surface area contributed by atoms with E-state index in [9.17, 15) is 9.59 Å². The fraction of sp³-hybridized carbons (Fsp3) is 0.316. The normalized spacial score (nSPS) is 16.6. The molecule has 0 spiro atoms. The van der Waals surface area contributed by atoms with E-state index in [0.717, 1.165) is 29.7 Å². The molecule has 0 bridgehead atoms. The zero-order valence-corrected chi connectivity index (χ0v) is 15.7. The lowest BCUT2D eigenvalue weighted by atomic mass is 9.89. The van der Waals surface area contributed by atoms with Gasteiger partial charge in [-0.05, 0) is 42.9 Å². The van der Waals surface area contributed by atoms with Crippen LogP contribution in [-0.2, 0) is 24.2 Å². The van der Waals surface area contributed by atoms with E-state index in [-0.39, 0.29) is 18.0 Å². The second-order valence-corrected chi connectivity index (χ2v) is 7.84. The Labute approximate surface area is 159 Å². The van der Waals surface area contributed by atoms with Crippen LogP contribution in [0.5, 0.6) is 0 Å². The third-order valence-electron chi connectivity index (χ3n) is 4.67. The molecule has 3 aromatic rings. The number of aryl methyl sites for hydroxylation is 1. The van der Waals surface area contributed by atoms with Gasteiger partial charge in [0.15, 0.2) is 0 Å². The summed E-state index contributed by atoms with van der Waals surface area (Å²) in [5.74, 6) is 0.249. The highest BCUT2D eigenvalue weighted by Crippen LogP contribution is 2.35. The minimum absolute atomic E-state index is 0.123. The van der Waals surface area contributed by atoms with Gasteiger partial charge in [0.05, 0.1) is 23.6 Å². The number of fused-ring (bicyclic) bond motifs is 3. The van der Waals surface area contributed by atoms with Crippen molar-refractivity contribution in [3.8, 4) is 0 Å². The molecule has 4 rings (SSSR count). The fourth-order valence-electron chi connectivity index (χ4n) is 3.29. The first-order valence-electron chi connectivity index (χ1n) is 8.84. The topological polar surface area (TPSA) is 89.2 Å². The second kappa shape index (κ2) is 7.40. The van der Waals surface area contributed by atoms with Crippen molar-refractivity contribution in [3.05, 3.63) is 57.2 Å². The summed E-state index contributed by atoms with van der Waals surface area (Å²) in [6.07, 6.45) is 7.52. The van der Waals surface area contributed by atoms with Crippen molar-refractivity contribution in [1.82, 2.24) is 20.0 Å². The minimum Gasteiger partial charge on any atom is -0.289 e. The molecule has 0 aliphatic heterocycles. The molecule has 0 aromatic carbocycles. The van der Waals surface area contributed by atoms with E-state index in [4.69, 9.17) is 0 Å². The number of hydrogen-bond donors (Lipinski definition) is 1. The highest BCUT2D eigenvalue weighted by atomic mass is 32.1. The maximum atomic E-state index is 12.9.